The largest absolute Gasteiger partial charge is 0.398 e. The average molecular weight is 534 g/mol. The number of hydrogen-bond donors (Lipinski definition) is 2. The number of anilines is 2. The summed E-state index contributed by atoms with van der Waals surface area (Å²) in [5.74, 6) is 0. The topological polar surface area (TPSA) is 52.0 Å². The Bertz CT molecular complexity index is 1320. The van der Waals surface area contributed by atoms with E-state index in [9.17, 15) is 0 Å². The molecule has 0 spiro atoms. The number of aryl methyl sites for hydroxylation is 1. The van der Waals surface area contributed by atoms with Crippen molar-refractivity contribution in [1.29, 1.82) is 0 Å². The van der Waals surface area contributed by atoms with Crippen LogP contribution in [0.2, 0.25) is 10.0 Å². The molecule has 4 heteroatoms. The Morgan fingerprint density at radius 1 is 0.595 bits per heavy atom. The molecule has 0 fully saturated rings. The minimum absolute atomic E-state index is 0.790. The van der Waals surface area contributed by atoms with Crippen molar-refractivity contribution in [2.75, 3.05) is 11.5 Å². The van der Waals surface area contributed by atoms with Gasteiger partial charge in [-0.3, -0.25) is 0 Å². The highest BCUT2D eigenvalue weighted by atomic mass is 35.5. The van der Waals surface area contributed by atoms with Crippen LogP contribution in [0.25, 0.3) is 22.3 Å². The minimum Gasteiger partial charge on any atom is -0.398 e. The molecule has 0 aliphatic rings. The summed E-state index contributed by atoms with van der Waals surface area (Å²) in [6.45, 7) is 10.6. The van der Waals surface area contributed by atoms with Gasteiger partial charge in [-0.25, -0.2) is 0 Å². The fourth-order valence-electron chi connectivity index (χ4n) is 4.97. The third-order valence-electron chi connectivity index (χ3n) is 7.04. The fourth-order valence-corrected chi connectivity index (χ4v) is 5.86. The van der Waals surface area contributed by atoms with Crippen molar-refractivity contribution in [3.63, 3.8) is 0 Å². The first-order valence-corrected chi connectivity index (χ1v) is 13.9. The summed E-state index contributed by atoms with van der Waals surface area (Å²) in [4.78, 5) is 0. The van der Waals surface area contributed by atoms with Gasteiger partial charge in [-0.15, -0.1) is 0 Å². The lowest BCUT2D eigenvalue weighted by Gasteiger charge is -2.19. The minimum atomic E-state index is 0.790. The molecule has 4 aromatic carbocycles. The second kappa shape index (κ2) is 13.0. The van der Waals surface area contributed by atoms with E-state index >= 15 is 0 Å². The van der Waals surface area contributed by atoms with Crippen LogP contribution in [0.5, 0.6) is 0 Å². The first-order chi connectivity index (χ1) is 17.8. The van der Waals surface area contributed by atoms with Crippen LogP contribution in [0.4, 0.5) is 11.4 Å². The van der Waals surface area contributed by atoms with Gasteiger partial charge in [-0.05, 0) is 77.6 Å². The Hall–Kier alpha value is -2.94. The second-order valence-electron chi connectivity index (χ2n) is 9.12. The van der Waals surface area contributed by atoms with Crippen LogP contribution in [-0.4, -0.2) is 0 Å². The number of rotatable bonds is 6. The Labute approximate surface area is 232 Å². The van der Waals surface area contributed by atoms with Crippen LogP contribution in [0.15, 0.2) is 66.7 Å². The predicted octanol–water partition coefficient (Wildman–Crippen LogP) is 9.74. The van der Waals surface area contributed by atoms with Crippen molar-refractivity contribution < 1.29 is 0 Å². The average Bonchev–Trinajstić information content (AvgIpc) is 2.91. The highest BCUT2D eigenvalue weighted by Gasteiger charge is 2.18. The summed E-state index contributed by atoms with van der Waals surface area (Å²) in [5.41, 5.74) is 24.4. The number of hydrogen-bond acceptors (Lipinski definition) is 2. The normalized spacial score (nSPS) is 10.7. The van der Waals surface area contributed by atoms with Crippen LogP contribution < -0.4 is 11.5 Å². The number of benzene rings is 4. The summed E-state index contributed by atoms with van der Waals surface area (Å²) >= 11 is 13.1. The third kappa shape index (κ3) is 5.98. The SMILES string of the molecule is CCc1c(C)c(-c2ccccc2)c(Cl)c(CC)c1N.CCc1cc(-c2ccccc2)c(Cl)c(CC)c1N. The molecule has 0 aromatic heterocycles. The van der Waals surface area contributed by atoms with Gasteiger partial charge in [0.05, 0.1) is 10.0 Å². The van der Waals surface area contributed by atoms with Crippen LogP contribution in [0, 0.1) is 6.92 Å². The van der Waals surface area contributed by atoms with Crippen molar-refractivity contribution in [3.8, 4) is 22.3 Å². The molecule has 0 aliphatic carbocycles. The monoisotopic (exact) mass is 532 g/mol. The molecule has 0 saturated heterocycles. The Kier molecular flexibility index (Phi) is 10.1. The molecule has 0 aliphatic heterocycles. The van der Waals surface area contributed by atoms with Gasteiger partial charge in [-0.1, -0.05) is 112 Å². The predicted molar refractivity (Wildman–Crippen MR) is 165 cm³/mol. The van der Waals surface area contributed by atoms with Crippen LogP contribution in [0.3, 0.4) is 0 Å². The van der Waals surface area contributed by atoms with Crippen molar-refractivity contribution >= 4 is 34.6 Å². The highest BCUT2D eigenvalue weighted by molar-refractivity contribution is 6.35. The van der Waals surface area contributed by atoms with Crippen LogP contribution >= 0.6 is 23.2 Å². The van der Waals surface area contributed by atoms with E-state index in [-0.39, 0.29) is 0 Å². The van der Waals surface area contributed by atoms with Crippen LogP contribution in [0.1, 0.15) is 55.5 Å². The van der Waals surface area contributed by atoms with Crippen molar-refractivity contribution in [2.45, 2.75) is 60.3 Å². The molecule has 0 radical (unpaired) electrons. The number of nitrogen functional groups attached to an aromatic ring is 2. The molecule has 2 nitrogen and oxygen atoms in total. The van der Waals surface area contributed by atoms with Crippen molar-refractivity contribution in [3.05, 3.63) is 105 Å². The van der Waals surface area contributed by atoms with E-state index in [1.807, 2.05) is 36.4 Å². The highest BCUT2D eigenvalue weighted by Crippen LogP contribution is 2.40. The zero-order valence-electron chi connectivity index (χ0n) is 22.6. The Morgan fingerprint density at radius 3 is 1.57 bits per heavy atom. The molecule has 0 unspecified atom stereocenters. The first kappa shape index (κ1) is 28.6. The van der Waals surface area contributed by atoms with Gasteiger partial charge in [0.15, 0.2) is 0 Å². The zero-order chi connectivity index (χ0) is 27.1. The molecule has 37 heavy (non-hydrogen) atoms. The number of halogens is 2. The Balaban J connectivity index is 0.000000206. The summed E-state index contributed by atoms with van der Waals surface area (Å²) in [6, 6.07) is 22.6. The van der Waals surface area contributed by atoms with Crippen molar-refractivity contribution in [1.82, 2.24) is 0 Å². The molecule has 4 N–H and O–H groups in total. The van der Waals surface area contributed by atoms with Gasteiger partial charge in [0.1, 0.15) is 0 Å². The summed E-state index contributed by atoms with van der Waals surface area (Å²) < 4.78 is 0. The van der Waals surface area contributed by atoms with E-state index in [0.717, 1.165) is 80.5 Å². The van der Waals surface area contributed by atoms with E-state index in [1.54, 1.807) is 0 Å². The van der Waals surface area contributed by atoms with Crippen molar-refractivity contribution in [2.24, 2.45) is 0 Å². The molecule has 0 amide bonds. The molecule has 0 heterocycles. The molecule has 4 rings (SSSR count). The lowest BCUT2D eigenvalue weighted by molar-refractivity contribution is 1.07. The first-order valence-electron chi connectivity index (χ1n) is 13.1. The lowest BCUT2D eigenvalue weighted by atomic mass is 9.90. The van der Waals surface area contributed by atoms with E-state index in [1.165, 1.54) is 16.7 Å². The molecule has 0 atom stereocenters. The fraction of sp³-hybridized carbons (Fsp3) is 0.273. The standard InChI is InChI=1S/C17H20ClN.C16H18ClN/c1-4-13-11(3)15(12-9-7-6-8-10-12)16(18)14(5-2)17(13)19;1-3-11-10-14(12-8-6-5-7-9-12)15(17)13(4-2)16(11)18/h6-10H,4-5,19H2,1-3H3;5-10H,3-4,18H2,1-2H3. The Morgan fingerprint density at radius 2 is 1.08 bits per heavy atom. The maximum absolute atomic E-state index is 6.60. The summed E-state index contributed by atoms with van der Waals surface area (Å²) in [7, 11) is 0. The van der Waals surface area contributed by atoms with E-state index in [2.05, 4.69) is 65.0 Å². The van der Waals surface area contributed by atoms with E-state index in [0.29, 0.717) is 0 Å². The van der Waals surface area contributed by atoms with Gasteiger partial charge in [0.25, 0.3) is 0 Å². The second-order valence-corrected chi connectivity index (χ2v) is 9.88. The maximum atomic E-state index is 6.60. The van der Waals surface area contributed by atoms with E-state index in [4.69, 9.17) is 34.7 Å². The molecular weight excluding hydrogens is 495 g/mol. The van der Waals surface area contributed by atoms with Gasteiger partial charge < -0.3 is 11.5 Å². The zero-order valence-corrected chi connectivity index (χ0v) is 24.1. The number of nitrogens with two attached hydrogens (primary N) is 2. The summed E-state index contributed by atoms with van der Waals surface area (Å²) in [6.07, 6.45) is 3.58. The maximum Gasteiger partial charge on any atom is 0.0539 e. The third-order valence-corrected chi connectivity index (χ3v) is 7.89. The molecule has 0 bridgehead atoms. The van der Waals surface area contributed by atoms with Crippen LogP contribution in [-0.2, 0) is 25.7 Å². The smallest absolute Gasteiger partial charge is 0.0539 e. The molecule has 194 valence electrons. The van der Waals surface area contributed by atoms with Gasteiger partial charge >= 0.3 is 0 Å². The van der Waals surface area contributed by atoms with Gasteiger partial charge in [0, 0.05) is 22.5 Å². The van der Waals surface area contributed by atoms with Gasteiger partial charge in [-0.2, -0.15) is 0 Å². The quantitative estimate of drug-likeness (QED) is 0.242. The molecule has 0 saturated carbocycles. The lowest BCUT2D eigenvalue weighted by Crippen LogP contribution is -2.04. The molecular formula is C33H38Cl2N2. The summed E-state index contributed by atoms with van der Waals surface area (Å²) in [5, 5.41) is 1.60. The van der Waals surface area contributed by atoms with E-state index < -0.39 is 0 Å². The van der Waals surface area contributed by atoms with Gasteiger partial charge in [0.2, 0.25) is 0 Å². The molecule has 4 aromatic rings.